The molecule has 0 aliphatic heterocycles. The molecule has 6 nitrogen and oxygen atoms in total. The summed E-state index contributed by atoms with van der Waals surface area (Å²) in [5.41, 5.74) is -0.125. The molecule has 1 rings (SSSR count). The number of unbranched alkanes of at least 4 members (excludes halogenated alkanes) is 1. The molecule has 0 atom stereocenters. The molecule has 0 spiro atoms. The number of carbonyl (C=O) groups is 2. The summed E-state index contributed by atoms with van der Waals surface area (Å²) in [5, 5.41) is 11.4. The molecule has 0 saturated carbocycles. The van der Waals surface area contributed by atoms with Gasteiger partial charge in [-0.3, -0.25) is 14.4 Å². The average Bonchev–Trinajstić information content (AvgIpc) is 2.38. The maximum Gasteiger partial charge on any atom is 0.305 e. The van der Waals surface area contributed by atoms with E-state index in [1.807, 2.05) is 0 Å². The largest absolute Gasteiger partial charge is 0.481 e. The third kappa shape index (κ3) is 6.38. The number of halogens is 1. The first kappa shape index (κ1) is 16.2. The lowest BCUT2D eigenvalue weighted by molar-refractivity contribution is -0.136. The number of carboxylic acid groups (broad SMARTS) is 1. The molecule has 2 N–H and O–H groups in total. The lowest BCUT2D eigenvalue weighted by Crippen LogP contribution is -2.25. The molecular weight excluding hydrogens is 284 g/mol. The van der Waals surface area contributed by atoms with Crippen LogP contribution in [0.3, 0.4) is 0 Å². The van der Waals surface area contributed by atoms with E-state index >= 15 is 0 Å². The van der Waals surface area contributed by atoms with E-state index in [0.29, 0.717) is 30.8 Å². The van der Waals surface area contributed by atoms with Gasteiger partial charge in [-0.2, -0.15) is 0 Å². The van der Waals surface area contributed by atoms with Crippen LogP contribution in [0, 0.1) is 0 Å². The molecule has 0 aromatic carbocycles. The van der Waals surface area contributed by atoms with Gasteiger partial charge in [-0.1, -0.05) is 11.6 Å². The standard InChI is InChI=1S/C13H17ClN2O4/c14-10-4-5-12(18)16(9-10)8-2-1-3-11(17)15-7-6-13(19)20/h4-5,9H,1-3,6-8H2,(H,15,17)(H,19,20). The first-order valence-corrected chi connectivity index (χ1v) is 6.71. The van der Waals surface area contributed by atoms with E-state index in [0.717, 1.165) is 0 Å². The molecular formula is C13H17ClN2O4. The maximum atomic E-state index is 11.5. The Morgan fingerprint density at radius 1 is 1.25 bits per heavy atom. The van der Waals surface area contributed by atoms with E-state index in [2.05, 4.69) is 5.32 Å². The lowest BCUT2D eigenvalue weighted by atomic mass is 10.2. The van der Waals surface area contributed by atoms with Crippen LogP contribution < -0.4 is 10.9 Å². The van der Waals surface area contributed by atoms with Crippen molar-refractivity contribution < 1.29 is 14.7 Å². The van der Waals surface area contributed by atoms with Gasteiger partial charge in [0.25, 0.3) is 5.56 Å². The predicted molar refractivity (Wildman–Crippen MR) is 74.8 cm³/mol. The highest BCUT2D eigenvalue weighted by atomic mass is 35.5. The van der Waals surface area contributed by atoms with Gasteiger partial charge in [0.2, 0.25) is 5.91 Å². The Balaban J connectivity index is 2.21. The number of carbonyl (C=O) groups excluding carboxylic acids is 1. The summed E-state index contributed by atoms with van der Waals surface area (Å²) in [6.45, 7) is 0.643. The number of rotatable bonds is 8. The number of aryl methyl sites for hydroxylation is 1. The van der Waals surface area contributed by atoms with Crippen molar-refractivity contribution in [1.29, 1.82) is 0 Å². The number of aromatic nitrogens is 1. The summed E-state index contributed by atoms with van der Waals surface area (Å²) in [7, 11) is 0. The number of pyridine rings is 1. The van der Waals surface area contributed by atoms with Crippen molar-refractivity contribution in [3.8, 4) is 0 Å². The van der Waals surface area contributed by atoms with Crippen molar-refractivity contribution in [3.63, 3.8) is 0 Å². The van der Waals surface area contributed by atoms with Crippen LogP contribution in [0.2, 0.25) is 5.02 Å². The zero-order valence-electron chi connectivity index (χ0n) is 11.0. The second-order valence-electron chi connectivity index (χ2n) is 4.33. The third-order valence-corrected chi connectivity index (χ3v) is 2.88. The molecule has 0 radical (unpaired) electrons. The number of nitrogens with one attached hydrogen (secondary N) is 1. The molecule has 0 fully saturated rings. The zero-order valence-corrected chi connectivity index (χ0v) is 11.7. The summed E-state index contributed by atoms with van der Waals surface area (Å²) < 4.78 is 1.50. The van der Waals surface area contributed by atoms with E-state index in [1.54, 1.807) is 6.20 Å². The SMILES string of the molecule is O=C(O)CCNC(=O)CCCCn1cc(Cl)ccc1=O. The summed E-state index contributed by atoms with van der Waals surface area (Å²) in [6, 6.07) is 2.94. The highest BCUT2D eigenvalue weighted by molar-refractivity contribution is 6.30. The molecule has 1 aromatic rings. The van der Waals surface area contributed by atoms with E-state index in [9.17, 15) is 14.4 Å². The van der Waals surface area contributed by atoms with Gasteiger partial charge in [-0.15, -0.1) is 0 Å². The van der Waals surface area contributed by atoms with Crippen LogP contribution in [0.25, 0.3) is 0 Å². The lowest BCUT2D eigenvalue weighted by Gasteiger charge is -2.06. The minimum atomic E-state index is -0.939. The average molecular weight is 301 g/mol. The van der Waals surface area contributed by atoms with E-state index < -0.39 is 5.97 Å². The molecule has 0 saturated heterocycles. The first-order valence-electron chi connectivity index (χ1n) is 6.33. The molecule has 1 aromatic heterocycles. The molecule has 20 heavy (non-hydrogen) atoms. The number of hydrogen-bond acceptors (Lipinski definition) is 3. The van der Waals surface area contributed by atoms with Crippen LogP contribution in [0.1, 0.15) is 25.7 Å². The molecule has 1 heterocycles. The highest BCUT2D eigenvalue weighted by Crippen LogP contribution is 2.05. The fourth-order valence-corrected chi connectivity index (χ4v) is 1.82. The van der Waals surface area contributed by atoms with Crippen LogP contribution in [0.4, 0.5) is 0 Å². The summed E-state index contributed by atoms with van der Waals surface area (Å²) >= 11 is 5.79. The molecule has 0 unspecified atom stereocenters. The quantitative estimate of drug-likeness (QED) is 0.708. The monoisotopic (exact) mass is 300 g/mol. The molecule has 0 aliphatic carbocycles. The van der Waals surface area contributed by atoms with Crippen molar-refractivity contribution in [1.82, 2.24) is 9.88 Å². The van der Waals surface area contributed by atoms with Gasteiger partial charge in [0.05, 0.1) is 11.4 Å². The number of nitrogens with zero attached hydrogens (tertiary/aromatic N) is 1. The Morgan fingerprint density at radius 2 is 2.00 bits per heavy atom. The van der Waals surface area contributed by atoms with Gasteiger partial charge in [-0.05, 0) is 18.9 Å². The summed E-state index contributed by atoms with van der Waals surface area (Å²) in [6.07, 6.45) is 3.10. The number of amides is 1. The summed E-state index contributed by atoms with van der Waals surface area (Å²) in [4.78, 5) is 33.1. The van der Waals surface area contributed by atoms with Crippen molar-refractivity contribution in [2.75, 3.05) is 6.54 Å². The minimum absolute atomic E-state index is 0.0797. The van der Waals surface area contributed by atoms with Gasteiger partial charge in [0, 0.05) is 31.8 Å². The Bertz CT molecular complexity index is 527. The Kier molecular flexibility index (Phi) is 6.79. The number of hydrogen-bond donors (Lipinski definition) is 2. The maximum absolute atomic E-state index is 11.5. The van der Waals surface area contributed by atoms with Crippen LogP contribution in [-0.4, -0.2) is 28.1 Å². The van der Waals surface area contributed by atoms with Gasteiger partial charge < -0.3 is 15.0 Å². The van der Waals surface area contributed by atoms with Crippen molar-refractivity contribution in [3.05, 3.63) is 33.7 Å². The van der Waals surface area contributed by atoms with Crippen molar-refractivity contribution in [2.24, 2.45) is 0 Å². The van der Waals surface area contributed by atoms with Gasteiger partial charge in [-0.25, -0.2) is 0 Å². The molecule has 110 valence electrons. The molecule has 7 heteroatoms. The Labute approximate surface area is 121 Å². The third-order valence-electron chi connectivity index (χ3n) is 2.66. The fourth-order valence-electron chi connectivity index (χ4n) is 1.64. The topological polar surface area (TPSA) is 88.4 Å². The number of carboxylic acids is 1. The van der Waals surface area contributed by atoms with Crippen LogP contribution in [0.15, 0.2) is 23.1 Å². The highest BCUT2D eigenvalue weighted by Gasteiger charge is 2.03. The number of aliphatic carboxylic acids is 1. The second kappa shape index (κ2) is 8.37. The minimum Gasteiger partial charge on any atom is -0.481 e. The molecule has 1 amide bonds. The van der Waals surface area contributed by atoms with Crippen molar-refractivity contribution >= 4 is 23.5 Å². The van der Waals surface area contributed by atoms with E-state index in [4.69, 9.17) is 16.7 Å². The second-order valence-corrected chi connectivity index (χ2v) is 4.77. The van der Waals surface area contributed by atoms with Crippen molar-refractivity contribution in [2.45, 2.75) is 32.2 Å². The predicted octanol–water partition coefficient (Wildman–Crippen LogP) is 1.26. The summed E-state index contributed by atoms with van der Waals surface area (Å²) in [5.74, 6) is -1.12. The Morgan fingerprint density at radius 3 is 2.70 bits per heavy atom. The van der Waals surface area contributed by atoms with Crippen LogP contribution >= 0.6 is 11.6 Å². The van der Waals surface area contributed by atoms with E-state index in [1.165, 1.54) is 16.7 Å². The van der Waals surface area contributed by atoms with E-state index in [-0.39, 0.29) is 24.4 Å². The van der Waals surface area contributed by atoms with Crippen LogP contribution in [-0.2, 0) is 16.1 Å². The molecule has 0 bridgehead atoms. The molecule has 0 aliphatic rings. The van der Waals surface area contributed by atoms with Gasteiger partial charge in [0.15, 0.2) is 0 Å². The fraction of sp³-hybridized carbons (Fsp3) is 0.462. The smallest absolute Gasteiger partial charge is 0.305 e. The zero-order chi connectivity index (χ0) is 15.0. The van der Waals surface area contributed by atoms with Gasteiger partial charge in [0.1, 0.15) is 0 Å². The van der Waals surface area contributed by atoms with Gasteiger partial charge >= 0.3 is 5.97 Å². The van der Waals surface area contributed by atoms with Crippen LogP contribution in [0.5, 0.6) is 0 Å². The first-order chi connectivity index (χ1) is 9.49. The normalized spacial score (nSPS) is 10.2. The Hall–Kier alpha value is -1.82.